The van der Waals surface area contributed by atoms with Crippen molar-refractivity contribution < 1.29 is 4.79 Å². The van der Waals surface area contributed by atoms with Gasteiger partial charge in [0, 0.05) is 5.54 Å². The van der Waals surface area contributed by atoms with E-state index in [0.717, 1.165) is 32.4 Å². The van der Waals surface area contributed by atoms with E-state index in [2.05, 4.69) is 17.1 Å². The summed E-state index contributed by atoms with van der Waals surface area (Å²) >= 11 is 0. The fourth-order valence-corrected chi connectivity index (χ4v) is 2.13. The maximum Gasteiger partial charge on any atom is 0.237 e. The molecule has 0 aromatic carbocycles. The van der Waals surface area contributed by atoms with Crippen molar-refractivity contribution in [3.63, 3.8) is 0 Å². The number of hydrogen-bond acceptors (Lipinski definition) is 2. The van der Waals surface area contributed by atoms with Crippen LogP contribution in [0.1, 0.15) is 47.0 Å². The summed E-state index contributed by atoms with van der Waals surface area (Å²) in [6.45, 7) is 10.4. The second-order valence-electron chi connectivity index (χ2n) is 5.43. The van der Waals surface area contributed by atoms with Gasteiger partial charge in [0.25, 0.3) is 0 Å². The first-order chi connectivity index (χ1) is 6.94. The predicted octanol–water partition coefficient (Wildman–Crippen LogP) is 1.78. The zero-order valence-corrected chi connectivity index (χ0v) is 10.5. The summed E-state index contributed by atoms with van der Waals surface area (Å²) in [6.07, 6.45) is 3.30. The smallest absolute Gasteiger partial charge is 0.237 e. The molecule has 0 aromatic heterocycles. The number of nitrogens with one attached hydrogen (secondary N) is 1. The number of nitrogens with zero attached hydrogens (tertiary/aromatic N) is 1. The molecular formula is C12H24N2O. The molecule has 1 amide bonds. The Morgan fingerprint density at radius 3 is 2.67 bits per heavy atom. The van der Waals surface area contributed by atoms with Crippen molar-refractivity contribution in [3.8, 4) is 0 Å². The molecule has 1 aliphatic rings. The van der Waals surface area contributed by atoms with Crippen molar-refractivity contribution in [2.75, 3.05) is 13.1 Å². The standard InChI is InChI=1S/C12H24N2O/c1-5-8-14-9-6-7-10(14)11(15)13-12(2,3)4/h10H,5-9H2,1-4H3,(H,13,15)/t10-/m0/s1. The van der Waals surface area contributed by atoms with Crippen molar-refractivity contribution in [2.45, 2.75) is 58.5 Å². The summed E-state index contributed by atoms with van der Waals surface area (Å²) in [5.74, 6) is 0.202. The Morgan fingerprint density at radius 2 is 2.13 bits per heavy atom. The highest BCUT2D eigenvalue weighted by atomic mass is 16.2. The van der Waals surface area contributed by atoms with Gasteiger partial charge in [0.05, 0.1) is 6.04 Å². The summed E-state index contributed by atoms with van der Waals surface area (Å²) in [7, 11) is 0. The maximum absolute atomic E-state index is 12.0. The first-order valence-corrected chi connectivity index (χ1v) is 6.00. The normalized spacial score (nSPS) is 23.1. The molecule has 1 aliphatic heterocycles. The highest BCUT2D eigenvalue weighted by Gasteiger charge is 2.31. The molecule has 0 saturated carbocycles. The fourth-order valence-electron chi connectivity index (χ4n) is 2.13. The van der Waals surface area contributed by atoms with Crippen LogP contribution in [0.5, 0.6) is 0 Å². The molecule has 1 heterocycles. The number of rotatable bonds is 3. The summed E-state index contributed by atoms with van der Waals surface area (Å²) in [6, 6.07) is 0.115. The Hall–Kier alpha value is -0.570. The number of amides is 1. The van der Waals surface area contributed by atoms with Crippen LogP contribution in [0.4, 0.5) is 0 Å². The van der Waals surface area contributed by atoms with Gasteiger partial charge < -0.3 is 5.32 Å². The van der Waals surface area contributed by atoms with Gasteiger partial charge >= 0.3 is 0 Å². The van der Waals surface area contributed by atoms with Gasteiger partial charge in [0.1, 0.15) is 0 Å². The van der Waals surface area contributed by atoms with Gasteiger partial charge in [-0.3, -0.25) is 9.69 Å². The van der Waals surface area contributed by atoms with Crippen molar-refractivity contribution >= 4 is 5.91 Å². The van der Waals surface area contributed by atoms with Crippen LogP contribution in [-0.2, 0) is 4.79 Å². The SMILES string of the molecule is CCCN1CCC[C@H]1C(=O)NC(C)(C)C. The number of carbonyl (C=O) groups is 1. The molecule has 1 rings (SSSR count). The van der Waals surface area contributed by atoms with E-state index in [1.165, 1.54) is 0 Å². The summed E-state index contributed by atoms with van der Waals surface area (Å²) in [4.78, 5) is 14.3. The van der Waals surface area contributed by atoms with Crippen LogP contribution in [0.25, 0.3) is 0 Å². The topological polar surface area (TPSA) is 32.3 Å². The Balaban J connectivity index is 2.51. The Bertz CT molecular complexity index is 220. The largest absolute Gasteiger partial charge is 0.350 e. The molecule has 88 valence electrons. The lowest BCUT2D eigenvalue weighted by atomic mass is 10.1. The molecule has 1 N–H and O–H groups in total. The summed E-state index contributed by atoms with van der Waals surface area (Å²) in [5, 5.41) is 3.07. The lowest BCUT2D eigenvalue weighted by molar-refractivity contribution is -0.126. The first kappa shape index (κ1) is 12.5. The van der Waals surface area contributed by atoms with Gasteiger partial charge in [-0.15, -0.1) is 0 Å². The average Bonchev–Trinajstić information content (AvgIpc) is 2.49. The second kappa shape index (κ2) is 4.97. The minimum Gasteiger partial charge on any atom is -0.350 e. The molecule has 3 heteroatoms. The molecule has 0 aromatic rings. The van der Waals surface area contributed by atoms with Gasteiger partial charge in [-0.2, -0.15) is 0 Å². The molecule has 1 fully saturated rings. The summed E-state index contributed by atoms with van der Waals surface area (Å²) in [5.41, 5.74) is -0.114. The van der Waals surface area contributed by atoms with Gasteiger partial charge in [0.2, 0.25) is 5.91 Å². The van der Waals surface area contributed by atoms with E-state index in [0.29, 0.717) is 0 Å². The zero-order chi connectivity index (χ0) is 11.5. The lowest BCUT2D eigenvalue weighted by Crippen LogP contribution is -2.50. The Kier molecular flexibility index (Phi) is 4.14. The van der Waals surface area contributed by atoms with E-state index >= 15 is 0 Å². The third-order valence-corrected chi connectivity index (χ3v) is 2.68. The average molecular weight is 212 g/mol. The molecular weight excluding hydrogens is 188 g/mol. The highest BCUT2D eigenvalue weighted by molar-refractivity contribution is 5.82. The zero-order valence-electron chi connectivity index (χ0n) is 10.5. The maximum atomic E-state index is 12.0. The van der Waals surface area contributed by atoms with E-state index in [-0.39, 0.29) is 17.5 Å². The van der Waals surface area contributed by atoms with Crippen LogP contribution in [0.15, 0.2) is 0 Å². The van der Waals surface area contributed by atoms with Crippen molar-refractivity contribution in [1.82, 2.24) is 10.2 Å². The van der Waals surface area contributed by atoms with E-state index in [1.807, 2.05) is 20.8 Å². The van der Waals surface area contributed by atoms with E-state index < -0.39 is 0 Å². The van der Waals surface area contributed by atoms with Crippen LogP contribution in [0.3, 0.4) is 0 Å². The third kappa shape index (κ3) is 3.82. The predicted molar refractivity (Wildman–Crippen MR) is 62.8 cm³/mol. The Labute approximate surface area is 93.2 Å². The molecule has 0 bridgehead atoms. The Morgan fingerprint density at radius 1 is 1.47 bits per heavy atom. The molecule has 1 saturated heterocycles. The second-order valence-corrected chi connectivity index (χ2v) is 5.43. The van der Waals surface area contributed by atoms with Crippen LogP contribution in [-0.4, -0.2) is 35.5 Å². The van der Waals surface area contributed by atoms with Crippen molar-refractivity contribution in [2.24, 2.45) is 0 Å². The summed E-state index contributed by atoms with van der Waals surface area (Å²) < 4.78 is 0. The minimum atomic E-state index is -0.114. The van der Waals surface area contributed by atoms with Crippen LogP contribution in [0.2, 0.25) is 0 Å². The van der Waals surface area contributed by atoms with Gasteiger partial charge in [-0.1, -0.05) is 6.92 Å². The van der Waals surface area contributed by atoms with Gasteiger partial charge in [-0.25, -0.2) is 0 Å². The van der Waals surface area contributed by atoms with Gasteiger partial charge in [0.15, 0.2) is 0 Å². The van der Waals surface area contributed by atoms with E-state index in [9.17, 15) is 4.79 Å². The van der Waals surface area contributed by atoms with Crippen molar-refractivity contribution in [1.29, 1.82) is 0 Å². The lowest BCUT2D eigenvalue weighted by Gasteiger charge is -2.27. The van der Waals surface area contributed by atoms with Crippen LogP contribution < -0.4 is 5.32 Å². The molecule has 3 nitrogen and oxygen atoms in total. The number of likely N-dealkylation sites (tertiary alicyclic amines) is 1. The first-order valence-electron chi connectivity index (χ1n) is 6.00. The molecule has 1 atom stereocenters. The monoisotopic (exact) mass is 212 g/mol. The van der Waals surface area contributed by atoms with E-state index in [4.69, 9.17) is 0 Å². The van der Waals surface area contributed by atoms with Crippen molar-refractivity contribution in [3.05, 3.63) is 0 Å². The molecule has 0 spiro atoms. The minimum absolute atomic E-state index is 0.114. The molecule has 15 heavy (non-hydrogen) atoms. The van der Waals surface area contributed by atoms with Gasteiger partial charge in [-0.05, 0) is 53.1 Å². The fraction of sp³-hybridized carbons (Fsp3) is 0.917. The molecule has 0 unspecified atom stereocenters. The van der Waals surface area contributed by atoms with Crippen LogP contribution in [0, 0.1) is 0 Å². The highest BCUT2D eigenvalue weighted by Crippen LogP contribution is 2.18. The third-order valence-electron chi connectivity index (χ3n) is 2.68. The van der Waals surface area contributed by atoms with Crippen LogP contribution >= 0.6 is 0 Å². The van der Waals surface area contributed by atoms with E-state index in [1.54, 1.807) is 0 Å². The number of hydrogen-bond donors (Lipinski definition) is 1. The molecule has 0 radical (unpaired) electrons. The quantitative estimate of drug-likeness (QED) is 0.773. The number of carbonyl (C=O) groups excluding carboxylic acids is 1. The molecule has 0 aliphatic carbocycles.